The van der Waals surface area contributed by atoms with Gasteiger partial charge in [-0.15, -0.1) is 0 Å². The SMILES string of the molecule is CCC.Nc1ccc(C#Cc2cc(C(=O)NC3CC3)ccn2)cc1. The van der Waals surface area contributed by atoms with E-state index in [0.717, 1.165) is 18.4 Å². The number of carbonyl (C=O) groups excluding carboxylic acids is 1. The van der Waals surface area contributed by atoms with E-state index in [9.17, 15) is 4.79 Å². The maximum absolute atomic E-state index is 12.0. The molecule has 1 amide bonds. The molecule has 0 spiro atoms. The summed E-state index contributed by atoms with van der Waals surface area (Å²) in [6.45, 7) is 4.25. The van der Waals surface area contributed by atoms with Crippen LogP contribution in [0, 0.1) is 11.8 Å². The Hall–Kier alpha value is -2.80. The van der Waals surface area contributed by atoms with Gasteiger partial charge in [0, 0.05) is 29.1 Å². The van der Waals surface area contributed by atoms with Gasteiger partial charge in [-0.1, -0.05) is 26.2 Å². The van der Waals surface area contributed by atoms with E-state index in [0.29, 0.717) is 23.0 Å². The maximum Gasteiger partial charge on any atom is 0.251 e. The minimum atomic E-state index is -0.0598. The number of nitrogen functional groups attached to an aromatic ring is 1. The van der Waals surface area contributed by atoms with Crippen molar-refractivity contribution < 1.29 is 4.79 Å². The molecular weight excluding hydrogens is 298 g/mol. The molecule has 24 heavy (non-hydrogen) atoms. The van der Waals surface area contributed by atoms with Gasteiger partial charge in [-0.05, 0) is 55.2 Å². The standard InChI is InChI=1S/C17H15N3O.C3H8/c18-14-4-1-12(2-5-14)3-6-16-11-13(9-10-19-16)17(21)20-15-7-8-15;1-3-2/h1-2,4-5,9-11,15H,7-8,18H2,(H,20,21);3H2,1-2H3. The summed E-state index contributed by atoms with van der Waals surface area (Å²) in [7, 11) is 0. The van der Waals surface area contributed by atoms with Gasteiger partial charge in [0.25, 0.3) is 5.91 Å². The van der Waals surface area contributed by atoms with Gasteiger partial charge in [0.15, 0.2) is 0 Å². The number of nitrogens with zero attached hydrogens (tertiary/aromatic N) is 1. The first-order chi connectivity index (χ1) is 11.6. The number of hydrogen-bond donors (Lipinski definition) is 2. The molecule has 0 bridgehead atoms. The lowest BCUT2D eigenvalue weighted by Crippen LogP contribution is -2.25. The molecule has 1 aliphatic carbocycles. The Labute approximate surface area is 143 Å². The van der Waals surface area contributed by atoms with Crippen molar-refractivity contribution in [3.8, 4) is 11.8 Å². The molecule has 2 aromatic rings. The van der Waals surface area contributed by atoms with Crippen LogP contribution in [0.1, 0.15) is 54.7 Å². The number of nitrogens with one attached hydrogen (secondary N) is 1. The summed E-state index contributed by atoms with van der Waals surface area (Å²) in [4.78, 5) is 16.1. The molecule has 1 saturated carbocycles. The number of nitrogens with two attached hydrogens (primary N) is 1. The van der Waals surface area contributed by atoms with Crippen molar-refractivity contribution in [1.29, 1.82) is 0 Å². The van der Waals surface area contributed by atoms with Crippen molar-refractivity contribution in [3.05, 3.63) is 59.4 Å². The Morgan fingerprint density at radius 2 is 1.88 bits per heavy atom. The largest absolute Gasteiger partial charge is 0.399 e. The number of pyridine rings is 1. The zero-order valence-electron chi connectivity index (χ0n) is 14.2. The number of carbonyl (C=O) groups is 1. The number of rotatable bonds is 2. The molecule has 1 fully saturated rings. The third-order valence-corrected chi connectivity index (χ3v) is 3.18. The molecule has 1 aromatic heterocycles. The molecule has 0 radical (unpaired) electrons. The molecule has 4 heteroatoms. The molecule has 1 aliphatic rings. The topological polar surface area (TPSA) is 68.0 Å². The molecule has 0 unspecified atom stereocenters. The second kappa shape index (κ2) is 8.73. The summed E-state index contributed by atoms with van der Waals surface area (Å²) >= 11 is 0. The van der Waals surface area contributed by atoms with Crippen molar-refractivity contribution in [2.24, 2.45) is 0 Å². The zero-order chi connectivity index (χ0) is 17.4. The van der Waals surface area contributed by atoms with Gasteiger partial charge < -0.3 is 11.1 Å². The van der Waals surface area contributed by atoms with Crippen LogP contribution in [-0.4, -0.2) is 16.9 Å². The molecular formula is C20H23N3O. The van der Waals surface area contributed by atoms with Crippen molar-refractivity contribution in [2.75, 3.05) is 5.73 Å². The Balaban J connectivity index is 0.000000647. The fourth-order valence-corrected chi connectivity index (χ4v) is 1.84. The van der Waals surface area contributed by atoms with Crippen molar-refractivity contribution >= 4 is 11.6 Å². The maximum atomic E-state index is 12.0. The van der Waals surface area contributed by atoms with E-state index in [2.05, 4.69) is 36.0 Å². The highest BCUT2D eigenvalue weighted by molar-refractivity contribution is 5.94. The minimum absolute atomic E-state index is 0.0598. The van der Waals surface area contributed by atoms with Crippen LogP contribution in [0.5, 0.6) is 0 Å². The fourth-order valence-electron chi connectivity index (χ4n) is 1.84. The van der Waals surface area contributed by atoms with Gasteiger partial charge in [0.2, 0.25) is 0 Å². The van der Waals surface area contributed by atoms with Crippen molar-refractivity contribution in [2.45, 2.75) is 39.2 Å². The predicted molar refractivity (Wildman–Crippen MR) is 97.5 cm³/mol. The highest BCUT2D eigenvalue weighted by atomic mass is 16.1. The van der Waals surface area contributed by atoms with Crippen LogP contribution < -0.4 is 11.1 Å². The highest BCUT2D eigenvalue weighted by Crippen LogP contribution is 2.19. The third-order valence-electron chi connectivity index (χ3n) is 3.18. The van der Waals surface area contributed by atoms with E-state index in [1.165, 1.54) is 6.42 Å². The third kappa shape index (κ3) is 5.77. The van der Waals surface area contributed by atoms with E-state index in [4.69, 9.17) is 5.73 Å². The molecule has 0 aliphatic heterocycles. The smallest absolute Gasteiger partial charge is 0.251 e. The van der Waals surface area contributed by atoms with E-state index in [1.54, 1.807) is 30.5 Å². The van der Waals surface area contributed by atoms with Gasteiger partial charge in [-0.3, -0.25) is 4.79 Å². The van der Waals surface area contributed by atoms with Gasteiger partial charge in [0.1, 0.15) is 5.69 Å². The van der Waals surface area contributed by atoms with Crippen LogP contribution in [0.3, 0.4) is 0 Å². The monoisotopic (exact) mass is 321 g/mol. The second-order valence-corrected chi connectivity index (χ2v) is 5.76. The van der Waals surface area contributed by atoms with E-state index in [-0.39, 0.29) is 5.91 Å². The number of benzene rings is 1. The Morgan fingerprint density at radius 1 is 1.21 bits per heavy atom. The van der Waals surface area contributed by atoms with E-state index in [1.807, 2.05) is 12.1 Å². The van der Waals surface area contributed by atoms with E-state index >= 15 is 0 Å². The van der Waals surface area contributed by atoms with Crippen LogP contribution in [0.15, 0.2) is 42.6 Å². The van der Waals surface area contributed by atoms with Crippen LogP contribution in [0.25, 0.3) is 0 Å². The lowest BCUT2D eigenvalue weighted by Gasteiger charge is -2.02. The average molecular weight is 321 g/mol. The van der Waals surface area contributed by atoms with Gasteiger partial charge in [0.05, 0.1) is 0 Å². The summed E-state index contributed by atoms with van der Waals surface area (Å²) in [5, 5.41) is 2.95. The lowest BCUT2D eigenvalue weighted by molar-refractivity contribution is 0.0951. The summed E-state index contributed by atoms with van der Waals surface area (Å²) in [5.41, 5.74) is 8.37. The van der Waals surface area contributed by atoms with E-state index < -0.39 is 0 Å². The zero-order valence-corrected chi connectivity index (χ0v) is 14.2. The number of aromatic nitrogens is 1. The van der Waals surface area contributed by atoms with Crippen LogP contribution in [0.4, 0.5) is 5.69 Å². The van der Waals surface area contributed by atoms with Crippen molar-refractivity contribution in [1.82, 2.24) is 10.3 Å². The van der Waals surface area contributed by atoms with Crippen LogP contribution in [-0.2, 0) is 0 Å². The van der Waals surface area contributed by atoms with Crippen LogP contribution >= 0.6 is 0 Å². The quantitative estimate of drug-likeness (QED) is 0.658. The molecule has 4 nitrogen and oxygen atoms in total. The first-order valence-electron chi connectivity index (χ1n) is 8.26. The highest BCUT2D eigenvalue weighted by Gasteiger charge is 2.23. The average Bonchev–Trinajstić information content (AvgIpc) is 3.39. The molecule has 1 aromatic carbocycles. The second-order valence-electron chi connectivity index (χ2n) is 5.76. The van der Waals surface area contributed by atoms with Gasteiger partial charge in [-0.25, -0.2) is 4.98 Å². The number of hydrogen-bond acceptors (Lipinski definition) is 3. The Bertz CT molecular complexity index is 737. The number of anilines is 1. The summed E-state index contributed by atoms with van der Waals surface area (Å²) in [6.07, 6.45) is 5.00. The minimum Gasteiger partial charge on any atom is -0.399 e. The lowest BCUT2D eigenvalue weighted by atomic mass is 10.2. The molecule has 3 rings (SSSR count). The van der Waals surface area contributed by atoms with Gasteiger partial charge >= 0.3 is 0 Å². The molecule has 0 atom stereocenters. The normalized spacial score (nSPS) is 12.2. The fraction of sp³-hybridized carbons (Fsp3) is 0.300. The summed E-state index contributed by atoms with van der Waals surface area (Å²) in [5.74, 6) is 5.91. The Morgan fingerprint density at radius 3 is 2.50 bits per heavy atom. The molecule has 0 saturated heterocycles. The first-order valence-corrected chi connectivity index (χ1v) is 8.26. The first kappa shape index (κ1) is 17.6. The summed E-state index contributed by atoms with van der Waals surface area (Å²) in [6, 6.07) is 11.1. The van der Waals surface area contributed by atoms with Crippen molar-refractivity contribution in [3.63, 3.8) is 0 Å². The van der Waals surface area contributed by atoms with Crippen LogP contribution in [0.2, 0.25) is 0 Å². The molecule has 124 valence electrons. The van der Waals surface area contributed by atoms with Gasteiger partial charge in [-0.2, -0.15) is 0 Å². The molecule has 1 heterocycles. The predicted octanol–water partition coefficient (Wildman–Crippen LogP) is 3.37. The number of amides is 1. The summed E-state index contributed by atoms with van der Waals surface area (Å²) < 4.78 is 0. The Kier molecular flexibility index (Phi) is 6.39. The molecule has 3 N–H and O–H groups in total.